The molecule has 6 heteroatoms. The highest BCUT2D eigenvalue weighted by molar-refractivity contribution is 6.50. The van der Waals surface area contributed by atoms with Gasteiger partial charge in [0.25, 0.3) is 0 Å². The van der Waals surface area contributed by atoms with Gasteiger partial charge in [-0.3, -0.25) is 0 Å². The lowest BCUT2D eigenvalue weighted by atomic mass is 10.4. The molecule has 1 nitrogen and oxygen atoms in total. The molecular formula is C11H22Cl4OSi. The van der Waals surface area contributed by atoms with Crippen molar-refractivity contribution in [2.75, 3.05) is 6.61 Å². The molecule has 0 radical (unpaired) electrons. The fourth-order valence-corrected chi connectivity index (χ4v) is 2.89. The minimum atomic E-state index is -0.595. The van der Waals surface area contributed by atoms with Crippen molar-refractivity contribution in [1.29, 1.82) is 0 Å². The Morgan fingerprint density at radius 1 is 0.765 bits per heavy atom. The highest BCUT2D eigenvalue weighted by atomic mass is 35.5. The van der Waals surface area contributed by atoms with Gasteiger partial charge in [0.15, 0.2) is 9.04 Å². The van der Waals surface area contributed by atoms with Crippen molar-refractivity contribution < 1.29 is 4.43 Å². The minimum Gasteiger partial charge on any atom is -0.420 e. The van der Waals surface area contributed by atoms with E-state index in [1.54, 1.807) is 0 Å². The maximum Gasteiger partial charge on any atom is 0.173 e. The second-order valence-electron chi connectivity index (χ2n) is 3.33. The summed E-state index contributed by atoms with van der Waals surface area (Å²) < 4.78 is 5.42. The van der Waals surface area contributed by atoms with E-state index >= 15 is 0 Å². The minimum absolute atomic E-state index is 0. The molecule has 1 unspecified atom stereocenters. The van der Waals surface area contributed by atoms with E-state index in [0.29, 0.717) is 0 Å². The largest absolute Gasteiger partial charge is 0.420 e. The van der Waals surface area contributed by atoms with Crippen molar-refractivity contribution in [3.8, 4) is 0 Å². The van der Waals surface area contributed by atoms with Crippen LogP contribution in [0.4, 0.5) is 0 Å². The highest BCUT2D eigenvalue weighted by Gasteiger charge is 2.08. The van der Waals surface area contributed by atoms with Crippen molar-refractivity contribution in [2.24, 2.45) is 0 Å². The quantitative estimate of drug-likeness (QED) is 0.631. The molecule has 0 aliphatic carbocycles. The predicted molar refractivity (Wildman–Crippen MR) is 88.4 cm³/mol. The Morgan fingerprint density at radius 3 is 1.35 bits per heavy atom. The molecule has 1 atom stereocenters. The Kier molecular flexibility index (Phi) is 29.1. The first-order valence-corrected chi connectivity index (χ1v) is 7.45. The van der Waals surface area contributed by atoms with Crippen LogP contribution in [0.15, 0.2) is 36.4 Å². The zero-order valence-electron chi connectivity index (χ0n) is 9.91. The molecule has 17 heavy (non-hydrogen) atoms. The van der Waals surface area contributed by atoms with Crippen molar-refractivity contribution in [3.63, 3.8) is 0 Å². The third-order valence-electron chi connectivity index (χ3n) is 2.07. The maximum absolute atomic E-state index is 5.42. The van der Waals surface area contributed by atoms with E-state index in [2.05, 4.69) is 6.55 Å². The van der Waals surface area contributed by atoms with E-state index in [0.717, 1.165) is 6.61 Å². The molecule has 2 rings (SSSR count). The van der Waals surface area contributed by atoms with Crippen molar-refractivity contribution >= 4 is 58.7 Å². The summed E-state index contributed by atoms with van der Waals surface area (Å²) in [5, 5.41) is 0. The Labute approximate surface area is 131 Å². The summed E-state index contributed by atoms with van der Waals surface area (Å²) in [6.45, 7) is 3.33. The zero-order chi connectivity index (χ0) is 9.36. The van der Waals surface area contributed by atoms with E-state index < -0.39 is 9.04 Å². The van der Waals surface area contributed by atoms with Crippen LogP contribution in [0.5, 0.6) is 0 Å². The van der Waals surface area contributed by atoms with E-state index in [1.807, 2.05) is 36.4 Å². The Balaban J connectivity index is -0.0000000810. The van der Waals surface area contributed by atoms with Crippen LogP contribution < -0.4 is 0 Å². The normalized spacial score (nSPS) is 16.4. The Morgan fingerprint density at radius 2 is 1.18 bits per heavy atom. The van der Waals surface area contributed by atoms with Crippen LogP contribution >= 0.6 is 49.6 Å². The summed E-state index contributed by atoms with van der Waals surface area (Å²) in [5.74, 6) is 0. The van der Waals surface area contributed by atoms with Gasteiger partial charge in [0, 0.05) is 6.61 Å². The van der Waals surface area contributed by atoms with Crippen LogP contribution in [-0.4, -0.2) is 15.6 Å². The summed E-state index contributed by atoms with van der Waals surface area (Å²) in [6.07, 6.45) is 2.73. The zero-order valence-corrected chi connectivity index (χ0v) is 14.3. The average molecular weight is 340 g/mol. The molecule has 1 heterocycles. The smallest absolute Gasteiger partial charge is 0.173 e. The molecule has 1 fully saturated rings. The van der Waals surface area contributed by atoms with Crippen LogP contribution in [0.1, 0.15) is 12.8 Å². The van der Waals surface area contributed by atoms with Crippen LogP contribution in [0.2, 0.25) is 12.6 Å². The lowest BCUT2D eigenvalue weighted by Gasteiger charge is -2.16. The third kappa shape index (κ3) is 16.6. The summed E-state index contributed by atoms with van der Waals surface area (Å²) in [4.78, 5) is 0. The van der Waals surface area contributed by atoms with Gasteiger partial charge in [0.05, 0.1) is 0 Å². The lowest BCUT2D eigenvalue weighted by molar-refractivity contribution is 0.291. The summed E-state index contributed by atoms with van der Waals surface area (Å²) in [6, 6.07) is 13.4. The van der Waals surface area contributed by atoms with Gasteiger partial charge in [-0.05, 0) is 19.0 Å². The van der Waals surface area contributed by atoms with E-state index in [9.17, 15) is 0 Å². The molecule has 1 aliphatic rings. The second kappa shape index (κ2) is 18.9. The van der Waals surface area contributed by atoms with Crippen LogP contribution in [-0.2, 0) is 4.43 Å². The number of halogens is 4. The van der Waals surface area contributed by atoms with Gasteiger partial charge in [-0.15, -0.1) is 49.6 Å². The molecule has 1 aromatic rings. The monoisotopic (exact) mass is 338 g/mol. The van der Waals surface area contributed by atoms with Gasteiger partial charge in [0.1, 0.15) is 0 Å². The molecule has 1 aromatic carbocycles. The first-order chi connectivity index (χ1) is 6.39. The van der Waals surface area contributed by atoms with E-state index in [1.165, 1.54) is 18.9 Å². The topological polar surface area (TPSA) is 9.23 Å². The Hall–Kier alpha value is 0.557. The SMILES string of the molecule is C[SiH]1CCCCO1.Cl.Cl.Cl.Cl.c1ccccc1. The molecule has 1 saturated heterocycles. The van der Waals surface area contributed by atoms with Crippen molar-refractivity contribution in [1.82, 2.24) is 0 Å². The summed E-state index contributed by atoms with van der Waals surface area (Å²) in [5.41, 5.74) is 0. The van der Waals surface area contributed by atoms with E-state index in [-0.39, 0.29) is 49.6 Å². The first-order valence-electron chi connectivity index (χ1n) is 5.01. The lowest BCUT2D eigenvalue weighted by Crippen LogP contribution is -2.18. The van der Waals surface area contributed by atoms with Gasteiger partial charge in [-0.25, -0.2) is 0 Å². The molecular weight excluding hydrogens is 318 g/mol. The number of hydrogen-bond donors (Lipinski definition) is 0. The molecule has 0 N–H and O–H groups in total. The average Bonchev–Trinajstić information content (AvgIpc) is 2.22. The molecule has 0 aromatic heterocycles. The van der Waals surface area contributed by atoms with Crippen LogP contribution in [0.25, 0.3) is 0 Å². The van der Waals surface area contributed by atoms with Gasteiger partial charge in [-0.1, -0.05) is 42.8 Å². The van der Waals surface area contributed by atoms with Crippen LogP contribution in [0.3, 0.4) is 0 Å². The summed E-state index contributed by atoms with van der Waals surface area (Å²) in [7, 11) is -0.595. The third-order valence-corrected chi connectivity index (χ3v) is 4.10. The first kappa shape index (κ1) is 26.2. The Bertz CT molecular complexity index is 181. The van der Waals surface area contributed by atoms with Gasteiger partial charge in [0.2, 0.25) is 0 Å². The molecule has 0 amide bonds. The molecule has 0 saturated carbocycles. The number of rotatable bonds is 0. The van der Waals surface area contributed by atoms with Gasteiger partial charge >= 0.3 is 0 Å². The standard InChI is InChI=1S/C6H6.C5H12OSi.4ClH/c1-2-4-6-5-3-1;1-7-5-3-2-4-6-7;;;;/h1-6H;7H,2-5H2,1H3;4*1H. The molecule has 104 valence electrons. The maximum atomic E-state index is 5.42. The fraction of sp³-hybridized carbons (Fsp3) is 0.455. The molecule has 1 aliphatic heterocycles. The molecule has 0 bridgehead atoms. The summed E-state index contributed by atoms with van der Waals surface area (Å²) >= 11 is 0. The van der Waals surface area contributed by atoms with Crippen molar-refractivity contribution in [2.45, 2.75) is 25.4 Å². The highest BCUT2D eigenvalue weighted by Crippen LogP contribution is 2.09. The number of hydrogen-bond acceptors (Lipinski definition) is 1. The van der Waals surface area contributed by atoms with Gasteiger partial charge < -0.3 is 4.43 Å². The second-order valence-corrected chi connectivity index (χ2v) is 5.86. The van der Waals surface area contributed by atoms with Crippen LogP contribution in [0, 0.1) is 0 Å². The van der Waals surface area contributed by atoms with E-state index in [4.69, 9.17) is 4.43 Å². The van der Waals surface area contributed by atoms with Gasteiger partial charge in [-0.2, -0.15) is 0 Å². The number of benzene rings is 1. The fourth-order valence-electron chi connectivity index (χ4n) is 1.29. The predicted octanol–water partition coefficient (Wildman–Crippen LogP) is 4.52. The van der Waals surface area contributed by atoms with Crippen molar-refractivity contribution in [3.05, 3.63) is 36.4 Å². The molecule has 0 spiro atoms.